The van der Waals surface area contributed by atoms with E-state index in [9.17, 15) is 18.8 Å². The third-order valence-electron chi connectivity index (χ3n) is 4.56. The van der Waals surface area contributed by atoms with Crippen molar-refractivity contribution in [3.05, 3.63) is 58.9 Å². The minimum Gasteiger partial charge on any atom is -0.326 e. The molecular formula is C22H21ClFN3O3S. The molecule has 1 N–H and O–H groups in total. The third kappa shape index (κ3) is 5.51. The number of nitrogens with one attached hydrogen (secondary N) is 1. The number of carbonyl (C=O) groups is 3. The zero-order valence-corrected chi connectivity index (χ0v) is 18.8. The number of benzene rings is 2. The number of carbonyl (C=O) groups excluding carboxylic acids is 3. The SMILES string of the molecule is CC(=O)c1ccc(NC(=O)CC2SC(=Nc3ccc(Cl)c(F)c3)N(C(C)C)C2=O)cc1. The molecule has 1 aliphatic rings. The number of aliphatic imine (C=N–C) groups is 1. The minimum atomic E-state index is -0.644. The van der Waals surface area contributed by atoms with Gasteiger partial charge in [0.1, 0.15) is 11.1 Å². The Morgan fingerprint density at radius 3 is 2.48 bits per heavy atom. The lowest BCUT2D eigenvalue weighted by Crippen LogP contribution is -2.38. The summed E-state index contributed by atoms with van der Waals surface area (Å²) < 4.78 is 13.8. The fourth-order valence-electron chi connectivity index (χ4n) is 3.00. The number of rotatable bonds is 6. The van der Waals surface area contributed by atoms with Gasteiger partial charge in [-0.2, -0.15) is 0 Å². The molecule has 2 amide bonds. The molecule has 3 rings (SSSR count). The van der Waals surface area contributed by atoms with Gasteiger partial charge in [0.15, 0.2) is 11.0 Å². The van der Waals surface area contributed by atoms with E-state index in [4.69, 9.17) is 11.6 Å². The summed E-state index contributed by atoms with van der Waals surface area (Å²) in [7, 11) is 0. The molecule has 1 fully saturated rings. The van der Waals surface area contributed by atoms with Crippen molar-refractivity contribution in [2.75, 3.05) is 5.32 Å². The van der Waals surface area contributed by atoms with E-state index in [1.54, 1.807) is 30.3 Å². The minimum absolute atomic E-state index is 0.00861. The van der Waals surface area contributed by atoms with Gasteiger partial charge in [0.25, 0.3) is 0 Å². The molecule has 2 aromatic carbocycles. The fourth-order valence-corrected chi connectivity index (χ4v) is 4.40. The predicted molar refractivity (Wildman–Crippen MR) is 122 cm³/mol. The van der Waals surface area contributed by atoms with E-state index >= 15 is 0 Å². The number of amidine groups is 1. The van der Waals surface area contributed by atoms with Crippen molar-refractivity contribution in [2.45, 2.75) is 38.5 Å². The van der Waals surface area contributed by atoms with Crippen LogP contribution in [0.25, 0.3) is 0 Å². The van der Waals surface area contributed by atoms with Crippen LogP contribution in [0.15, 0.2) is 47.5 Å². The van der Waals surface area contributed by atoms with Gasteiger partial charge in [0.2, 0.25) is 11.8 Å². The predicted octanol–water partition coefficient (Wildman–Crippen LogP) is 5.05. The molecule has 0 radical (unpaired) electrons. The molecule has 31 heavy (non-hydrogen) atoms. The lowest BCUT2D eigenvalue weighted by Gasteiger charge is -2.20. The molecule has 1 atom stereocenters. The molecule has 0 saturated carbocycles. The van der Waals surface area contributed by atoms with Gasteiger partial charge < -0.3 is 5.32 Å². The molecule has 2 aromatic rings. The molecule has 0 bridgehead atoms. The summed E-state index contributed by atoms with van der Waals surface area (Å²) in [6.07, 6.45) is -0.0464. The van der Waals surface area contributed by atoms with Crippen LogP contribution in [-0.4, -0.2) is 39.0 Å². The van der Waals surface area contributed by atoms with Gasteiger partial charge in [-0.15, -0.1) is 0 Å². The Bertz CT molecular complexity index is 1060. The van der Waals surface area contributed by atoms with Crippen molar-refractivity contribution in [3.63, 3.8) is 0 Å². The third-order valence-corrected chi connectivity index (χ3v) is 6.02. The number of halogens is 2. The second-order valence-corrected chi connectivity index (χ2v) is 8.86. The molecule has 1 heterocycles. The first-order valence-corrected chi connectivity index (χ1v) is 10.9. The van der Waals surface area contributed by atoms with Gasteiger partial charge in [0, 0.05) is 29.8 Å². The number of amides is 2. The summed E-state index contributed by atoms with van der Waals surface area (Å²) in [5.74, 6) is -1.22. The summed E-state index contributed by atoms with van der Waals surface area (Å²) >= 11 is 6.89. The quantitative estimate of drug-likeness (QED) is 0.610. The smallest absolute Gasteiger partial charge is 0.242 e. The molecule has 6 nitrogen and oxygen atoms in total. The number of anilines is 1. The van der Waals surface area contributed by atoms with Gasteiger partial charge in [-0.05, 0) is 57.2 Å². The summed E-state index contributed by atoms with van der Waals surface area (Å²) in [4.78, 5) is 42.6. The Labute approximate surface area is 188 Å². The zero-order valence-electron chi connectivity index (χ0n) is 17.2. The standard InChI is InChI=1S/C22H21ClFN3O3S/c1-12(2)27-21(30)19(31-22(27)26-16-8-9-17(23)18(24)10-16)11-20(29)25-15-6-4-14(5-7-15)13(3)28/h4-10,12,19H,11H2,1-3H3,(H,25,29). The van der Waals surface area contributed by atoms with E-state index in [2.05, 4.69) is 10.3 Å². The molecule has 1 unspecified atom stereocenters. The molecule has 0 aliphatic carbocycles. The molecule has 0 spiro atoms. The van der Waals surface area contributed by atoms with Gasteiger partial charge >= 0.3 is 0 Å². The van der Waals surface area contributed by atoms with Crippen molar-refractivity contribution in [3.8, 4) is 0 Å². The lowest BCUT2D eigenvalue weighted by atomic mass is 10.1. The van der Waals surface area contributed by atoms with Gasteiger partial charge in [0.05, 0.1) is 10.7 Å². The zero-order chi connectivity index (χ0) is 22.7. The highest BCUT2D eigenvalue weighted by Gasteiger charge is 2.40. The van der Waals surface area contributed by atoms with Crippen molar-refractivity contribution < 1.29 is 18.8 Å². The summed E-state index contributed by atoms with van der Waals surface area (Å²) in [6, 6.07) is 10.5. The van der Waals surface area contributed by atoms with Crippen LogP contribution in [0, 0.1) is 5.82 Å². The van der Waals surface area contributed by atoms with Crippen molar-refractivity contribution in [1.82, 2.24) is 4.90 Å². The van der Waals surface area contributed by atoms with Gasteiger partial charge in [-0.1, -0.05) is 23.4 Å². The Hall–Kier alpha value is -2.71. The topological polar surface area (TPSA) is 78.8 Å². The first kappa shape index (κ1) is 23.0. The Morgan fingerprint density at radius 2 is 1.90 bits per heavy atom. The van der Waals surface area contributed by atoms with E-state index in [1.165, 1.54) is 35.7 Å². The molecule has 0 aromatic heterocycles. The monoisotopic (exact) mass is 461 g/mol. The van der Waals surface area contributed by atoms with E-state index in [0.717, 1.165) is 0 Å². The summed E-state index contributed by atoms with van der Waals surface area (Å²) in [6.45, 7) is 5.15. The summed E-state index contributed by atoms with van der Waals surface area (Å²) in [5, 5.41) is 2.49. The molecule has 1 saturated heterocycles. The number of Topliss-reactive ketones (excluding diaryl/α,β-unsaturated/α-hetero) is 1. The molecule has 162 valence electrons. The summed E-state index contributed by atoms with van der Waals surface area (Å²) in [5.41, 5.74) is 1.42. The first-order valence-electron chi connectivity index (χ1n) is 9.60. The highest BCUT2D eigenvalue weighted by molar-refractivity contribution is 8.15. The first-order chi connectivity index (χ1) is 14.7. The second-order valence-electron chi connectivity index (χ2n) is 7.29. The number of nitrogens with zero attached hydrogens (tertiary/aromatic N) is 2. The highest BCUT2D eigenvalue weighted by Crippen LogP contribution is 2.33. The Kier molecular flexibility index (Phi) is 7.12. The van der Waals surface area contributed by atoms with E-state index in [1.807, 2.05) is 13.8 Å². The lowest BCUT2D eigenvalue weighted by molar-refractivity contribution is -0.129. The fraction of sp³-hybridized carbons (Fsp3) is 0.273. The Morgan fingerprint density at radius 1 is 1.23 bits per heavy atom. The van der Waals surface area contributed by atoms with Crippen LogP contribution in [0.1, 0.15) is 37.6 Å². The number of hydrogen-bond donors (Lipinski definition) is 1. The van der Waals surface area contributed by atoms with Gasteiger partial charge in [-0.3, -0.25) is 19.3 Å². The number of hydrogen-bond acceptors (Lipinski definition) is 5. The van der Waals surface area contributed by atoms with Crippen LogP contribution in [-0.2, 0) is 9.59 Å². The van der Waals surface area contributed by atoms with Crippen LogP contribution < -0.4 is 5.32 Å². The van der Waals surface area contributed by atoms with Crippen LogP contribution in [0.5, 0.6) is 0 Å². The molecule has 1 aliphatic heterocycles. The van der Waals surface area contributed by atoms with Crippen molar-refractivity contribution >= 4 is 57.5 Å². The van der Waals surface area contributed by atoms with Crippen molar-refractivity contribution in [1.29, 1.82) is 0 Å². The average Bonchev–Trinajstić information content (AvgIpc) is 3.00. The van der Waals surface area contributed by atoms with E-state index < -0.39 is 11.1 Å². The highest BCUT2D eigenvalue weighted by atomic mass is 35.5. The van der Waals surface area contributed by atoms with Gasteiger partial charge in [-0.25, -0.2) is 9.38 Å². The maximum absolute atomic E-state index is 13.8. The van der Waals surface area contributed by atoms with Crippen LogP contribution in [0.4, 0.5) is 15.8 Å². The van der Waals surface area contributed by atoms with Crippen LogP contribution >= 0.6 is 23.4 Å². The maximum atomic E-state index is 13.8. The Balaban J connectivity index is 1.73. The van der Waals surface area contributed by atoms with Crippen LogP contribution in [0.3, 0.4) is 0 Å². The maximum Gasteiger partial charge on any atom is 0.242 e. The largest absolute Gasteiger partial charge is 0.326 e. The second kappa shape index (κ2) is 9.62. The van der Waals surface area contributed by atoms with E-state index in [-0.39, 0.29) is 35.1 Å². The number of ketones is 1. The van der Waals surface area contributed by atoms with Crippen molar-refractivity contribution in [2.24, 2.45) is 4.99 Å². The molecule has 9 heteroatoms. The van der Waals surface area contributed by atoms with E-state index in [0.29, 0.717) is 22.1 Å². The number of thioether (sulfide) groups is 1. The van der Waals surface area contributed by atoms with Crippen LogP contribution in [0.2, 0.25) is 5.02 Å². The average molecular weight is 462 g/mol. The normalized spacial score (nSPS) is 17.5. The molecular weight excluding hydrogens is 441 g/mol.